The molecule has 0 aliphatic carbocycles. The highest BCUT2D eigenvalue weighted by Crippen LogP contribution is 2.32. The van der Waals surface area contributed by atoms with Crippen LogP contribution in [0.2, 0.25) is 0 Å². The largest absolute Gasteiger partial charge is 0.496 e. The maximum Gasteiger partial charge on any atom is 0.332 e. The Morgan fingerprint density at radius 2 is 1.80 bits per heavy atom. The van der Waals surface area contributed by atoms with Crippen molar-refractivity contribution in [3.05, 3.63) is 68.4 Å². The van der Waals surface area contributed by atoms with Crippen LogP contribution >= 0.6 is 11.3 Å². The number of methoxy groups -OCH3 is 2. The van der Waals surface area contributed by atoms with Gasteiger partial charge in [-0.05, 0) is 76.6 Å². The van der Waals surface area contributed by atoms with Crippen LogP contribution in [0.25, 0.3) is 15.2 Å². The van der Waals surface area contributed by atoms with Gasteiger partial charge >= 0.3 is 5.69 Å². The first-order chi connectivity index (χ1) is 22.2. The maximum atomic E-state index is 14.0. The molecule has 1 aromatic carbocycles. The topological polar surface area (TPSA) is 123 Å². The summed E-state index contributed by atoms with van der Waals surface area (Å²) in [6.45, 7) is 8.11. The van der Waals surface area contributed by atoms with E-state index in [1.54, 1.807) is 25.0 Å². The van der Waals surface area contributed by atoms with Gasteiger partial charge in [-0.1, -0.05) is 11.3 Å². The summed E-state index contributed by atoms with van der Waals surface area (Å²) in [4.78, 5) is 44.9. The van der Waals surface area contributed by atoms with Crippen LogP contribution in [-0.2, 0) is 27.2 Å². The molecule has 0 spiro atoms. The van der Waals surface area contributed by atoms with E-state index in [0.717, 1.165) is 30.6 Å². The number of likely N-dealkylation sites (tertiary alicyclic amines) is 1. The summed E-state index contributed by atoms with van der Waals surface area (Å²) in [6, 6.07) is 3.29. The van der Waals surface area contributed by atoms with E-state index in [4.69, 9.17) is 14.2 Å². The number of carbonyl (C=O) groups is 1. The van der Waals surface area contributed by atoms with Crippen molar-refractivity contribution in [3.8, 4) is 10.8 Å². The molecule has 2 fully saturated rings. The van der Waals surface area contributed by atoms with Gasteiger partial charge < -0.3 is 19.1 Å². The predicted molar refractivity (Wildman–Crippen MR) is 173 cm³/mol. The van der Waals surface area contributed by atoms with E-state index >= 15 is 0 Å². The zero-order valence-electron chi connectivity index (χ0n) is 26.9. The van der Waals surface area contributed by atoms with Gasteiger partial charge in [0.25, 0.3) is 5.56 Å². The van der Waals surface area contributed by atoms with E-state index in [-0.39, 0.29) is 24.9 Å². The first-order valence-electron chi connectivity index (χ1n) is 15.5. The van der Waals surface area contributed by atoms with Crippen LogP contribution < -0.4 is 16.0 Å². The molecule has 0 radical (unpaired) electrons. The van der Waals surface area contributed by atoms with Crippen molar-refractivity contribution in [3.63, 3.8) is 0 Å². The first-order valence-corrected chi connectivity index (χ1v) is 16.4. The smallest absolute Gasteiger partial charge is 0.332 e. The lowest BCUT2D eigenvalue weighted by molar-refractivity contribution is -0.139. The Labute approximate surface area is 270 Å². The molecule has 0 bridgehead atoms. The van der Waals surface area contributed by atoms with Crippen molar-refractivity contribution >= 4 is 27.5 Å². The number of halogens is 1. The van der Waals surface area contributed by atoms with Crippen molar-refractivity contribution in [1.82, 2.24) is 29.0 Å². The van der Waals surface area contributed by atoms with E-state index in [2.05, 4.69) is 10.2 Å². The van der Waals surface area contributed by atoms with Crippen LogP contribution in [0.3, 0.4) is 0 Å². The third-order valence-corrected chi connectivity index (χ3v) is 9.83. The number of thiophene rings is 1. The Hall–Kier alpha value is -3.88. The molecule has 0 saturated carbocycles. The molecule has 1 amide bonds. The number of rotatable bonds is 8. The Bertz CT molecular complexity index is 1780. The van der Waals surface area contributed by atoms with Gasteiger partial charge in [-0.25, -0.2) is 13.8 Å². The quantitative estimate of drug-likeness (QED) is 0.280. The third-order valence-electron chi connectivity index (χ3n) is 8.55. The second kappa shape index (κ2) is 14.7. The average Bonchev–Trinajstić information content (AvgIpc) is 3.71. The first kappa shape index (κ1) is 33.5. The van der Waals surface area contributed by atoms with Gasteiger partial charge in [0.2, 0.25) is 5.91 Å². The van der Waals surface area contributed by atoms with Gasteiger partial charge in [-0.2, -0.15) is 10.2 Å². The molecule has 1 unspecified atom stereocenters. The number of amides is 1. The highest BCUT2D eigenvalue weighted by Gasteiger charge is 2.35. The monoisotopic (exact) mass is 656 g/mol. The molecule has 2 aliphatic rings. The maximum absolute atomic E-state index is 14.0. The lowest BCUT2D eigenvalue weighted by Gasteiger charge is -2.35. The Kier molecular flexibility index (Phi) is 10.7. The van der Waals surface area contributed by atoms with Gasteiger partial charge in [0.15, 0.2) is 0 Å². The summed E-state index contributed by atoms with van der Waals surface area (Å²) in [5.74, 6) is -0.142. The molecule has 2 saturated heterocycles. The van der Waals surface area contributed by atoms with Gasteiger partial charge in [0.1, 0.15) is 27.4 Å². The van der Waals surface area contributed by atoms with Crippen LogP contribution in [-0.4, -0.2) is 81.1 Å². The molecular weight excluding hydrogens is 615 g/mol. The number of nitrogens with zero attached hydrogens (tertiary/aromatic N) is 6. The molecule has 5 heterocycles. The Balaban J connectivity index is 0.000000455. The number of aryl methyl sites for hydroxylation is 3. The number of carbonyl (C=O) groups excluding carboxylic acids is 1. The number of ether oxygens (including phenoxy) is 3. The third kappa shape index (κ3) is 6.79. The van der Waals surface area contributed by atoms with Crippen molar-refractivity contribution in [2.75, 3.05) is 34.0 Å². The minimum atomic E-state index is -0.893. The Morgan fingerprint density at radius 1 is 1.09 bits per heavy atom. The number of benzene rings is 1. The molecule has 0 N–H and O–H groups in total. The summed E-state index contributed by atoms with van der Waals surface area (Å²) in [6.07, 6.45) is 7.02. The number of aromatic nitrogens is 5. The fourth-order valence-electron chi connectivity index (χ4n) is 6.05. The van der Waals surface area contributed by atoms with Crippen LogP contribution in [0.1, 0.15) is 56.7 Å². The van der Waals surface area contributed by atoms with Crippen LogP contribution in [0, 0.1) is 12.7 Å². The average molecular weight is 657 g/mol. The molecule has 3 aromatic heterocycles. The number of hydrogen-bond donors (Lipinski definition) is 0. The zero-order chi connectivity index (χ0) is 33.0. The molecule has 46 heavy (non-hydrogen) atoms. The van der Waals surface area contributed by atoms with Crippen molar-refractivity contribution < 1.29 is 23.4 Å². The fraction of sp³-hybridized carbons (Fsp3) is 0.531. The minimum Gasteiger partial charge on any atom is -0.496 e. The summed E-state index contributed by atoms with van der Waals surface area (Å²) >= 11 is 1.23. The van der Waals surface area contributed by atoms with Gasteiger partial charge in [0, 0.05) is 45.0 Å². The summed E-state index contributed by atoms with van der Waals surface area (Å²) in [7, 11) is 3.26. The summed E-state index contributed by atoms with van der Waals surface area (Å²) in [5.41, 5.74) is 0.150. The lowest BCUT2D eigenvalue weighted by Crippen LogP contribution is -2.52. The lowest BCUT2D eigenvalue weighted by atomic mass is 10.0. The zero-order valence-corrected chi connectivity index (χ0v) is 27.7. The van der Waals surface area contributed by atoms with E-state index in [0.29, 0.717) is 57.6 Å². The standard InChI is InChI=1S/C26H29FN6O4S.C6H12O2/c1-15(2)30-12-5-6-19(22(30)34)32-23(35)21-16(3)24(33-28-10-11-29-33)38-25(21)31(26(32)36)13-9-17-14-18(27)7-8-20(17)37-4;1-7-6-2-4-8-5-3-6/h7-8,10-11,14-15,19H,5-6,9,12-13H2,1-4H3;6H,2-5H2,1H3. The highest BCUT2D eigenvalue weighted by atomic mass is 32.1. The summed E-state index contributed by atoms with van der Waals surface area (Å²) < 4.78 is 32.3. The van der Waals surface area contributed by atoms with Crippen molar-refractivity contribution in [2.24, 2.45) is 0 Å². The molecule has 2 aliphatic heterocycles. The molecular formula is C32H41FN6O6S. The molecule has 12 nitrogen and oxygen atoms in total. The van der Waals surface area contributed by atoms with E-state index < -0.39 is 23.1 Å². The molecule has 14 heteroatoms. The predicted octanol–water partition coefficient (Wildman–Crippen LogP) is 3.89. The van der Waals surface area contributed by atoms with Crippen LogP contribution in [0.4, 0.5) is 4.39 Å². The van der Waals surface area contributed by atoms with Crippen LogP contribution in [0.5, 0.6) is 5.75 Å². The Morgan fingerprint density at radius 3 is 2.43 bits per heavy atom. The van der Waals surface area contributed by atoms with Crippen molar-refractivity contribution in [2.45, 2.75) is 77.6 Å². The van der Waals surface area contributed by atoms with E-state index in [1.165, 1.54) is 52.3 Å². The highest BCUT2D eigenvalue weighted by molar-refractivity contribution is 7.21. The van der Waals surface area contributed by atoms with Gasteiger partial charge in [0.05, 0.1) is 31.0 Å². The second-order valence-electron chi connectivity index (χ2n) is 11.7. The van der Waals surface area contributed by atoms with E-state index in [9.17, 15) is 18.8 Å². The SMILES string of the molecule is COC1CCOCC1.COc1ccc(F)cc1CCn1c(=O)n(C2CCCN(C(C)C)C2=O)c(=O)c2c(C)c(-n3nccn3)sc21. The van der Waals surface area contributed by atoms with E-state index in [1.807, 2.05) is 13.8 Å². The van der Waals surface area contributed by atoms with Crippen LogP contribution in [0.15, 0.2) is 40.2 Å². The molecule has 4 aromatic rings. The van der Waals surface area contributed by atoms with Crippen molar-refractivity contribution in [1.29, 1.82) is 0 Å². The number of piperidine rings is 1. The molecule has 1 atom stereocenters. The second-order valence-corrected chi connectivity index (χ2v) is 12.7. The fourth-order valence-corrected chi connectivity index (χ4v) is 7.29. The normalized spacial score (nSPS) is 17.4. The van der Waals surface area contributed by atoms with Gasteiger partial charge in [-0.15, -0.1) is 4.80 Å². The number of hydrogen-bond acceptors (Lipinski definition) is 9. The number of fused-ring (bicyclic) bond motifs is 1. The minimum absolute atomic E-state index is 0.0484. The summed E-state index contributed by atoms with van der Waals surface area (Å²) in [5, 5.41) is 9.37. The molecule has 6 rings (SSSR count). The molecule has 248 valence electrons. The van der Waals surface area contributed by atoms with Gasteiger partial charge in [-0.3, -0.25) is 14.2 Å².